The van der Waals surface area contributed by atoms with Crippen LogP contribution in [0.1, 0.15) is 87.6 Å². The number of rotatable bonds is 14. The smallest absolute Gasteiger partial charge is 0.343 e. The standard InChI is InChI=1S/C32H39FO3/c1-4-5-6-7-8-11-22-35-29-20-18-27(19-21-29)26-14-16-28(17-15-26)32(34)36-31-13-10-9-12-30(31)24(2)23-25(3)33/h9-10,12-21,24-25H,4-8,11,22-23H2,1-3H3. The number of carbonyl (C=O) groups is 1. The Morgan fingerprint density at radius 2 is 1.42 bits per heavy atom. The largest absolute Gasteiger partial charge is 0.494 e. The predicted octanol–water partition coefficient (Wildman–Crippen LogP) is 9.16. The van der Waals surface area contributed by atoms with Crippen molar-refractivity contribution in [1.82, 2.24) is 0 Å². The van der Waals surface area contributed by atoms with Crippen LogP contribution in [0.2, 0.25) is 0 Å². The molecule has 36 heavy (non-hydrogen) atoms. The number of esters is 1. The molecule has 0 N–H and O–H groups in total. The Bertz CT molecular complexity index is 1060. The fourth-order valence-corrected chi connectivity index (χ4v) is 4.37. The monoisotopic (exact) mass is 490 g/mol. The summed E-state index contributed by atoms with van der Waals surface area (Å²) in [6, 6.07) is 22.8. The first-order valence-corrected chi connectivity index (χ1v) is 13.3. The highest BCUT2D eigenvalue weighted by Crippen LogP contribution is 2.31. The highest BCUT2D eigenvalue weighted by molar-refractivity contribution is 5.91. The molecule has 0 heterocycles. The minimum Gasteiger partial charge on any atom is -0.494 e. The molecule has 2 atom stereocenters. The second kappa shape index (κ2) is 14.4. The Kier molecular flexibility index (Phi) is 11.0. The van der Waals surface area contributed by atoms with Gasteiger partial charge in [0.25, 0.3) is 0 Å². The van der Waals surface area contributed by atoms with Crippen molar-refractivity contribution in [3.05, 3.63) is 83.9 Å². The molecule has 4 heteroatoms. The Morgan fingerprint density at radius 1 is 0.806 bits per heavy atom. The Balaban J connectivity index is 1.55. The van der Waals surface area contributed by atoms with Gasteiger partial charge in [-0.15, -0.1) is 0 Å². The average molecular weight is 491 g/mol. The second-order valence-corrected chi connectivity index (χ2v) is 9.56. The molecule has 0 saturated carbocycles. The number of hydrogen-bond acceptors (Lipinski definition) is 3. The lowest BCUT2D eigenvalue weighted by Crippen LogP contribution is -2.11. The highest BCUT2D eigenvalue weighted by atomic mass is 19.1. The summed E-state index contributed by atoms with van der Waals surface area (Å²) in [6.45, 7) is 6.47. The third kappa shape index (κ3) is 8.51. The predicted molar refractivity (Wildman–Crippen MR) is 146 cm³/mol. The van der Waals surface area contributed by atoms with Gasteiger partial charge in [0.15, 0.2) is 0 Å². The van der Waals surface area contributed by atoms with Gasteiger partial charge in [0.05, 0.1) is 18.3 Å². The maximum absolute atomic E-state index is 13.5. The first kappa shape index (κ1) is 27.4. The molecular weight excluding hydrogens is 451 g/mol. The molecule has 2 unspecified atom stereocenters. The van der Waals surface area contributed by atoms with Crippen molar-refractivity contribution >= 4 is 5.97 Å². The zero-order valence-corrected chi connectivity index (χ0v) is 21.8. The lowest BCUT2D eigenvalue weighted by Gasteiger charge is -2.16. The minimum absolute atomic E-state index is 0.0471. The normalized spacial score (nSPS) is 12.7. The van der Waals surface area contributed by atoms with Gasteiger partial charge in [-0.05, 0) is 72.7 Å². The highest BCUT2D eigenvalue weighted by Gasteiger charge is 2.17. The van der Waals surface area contributed by atoms with Gasteiger partial charge in [-0.1, -0.05) is 88.4 Å². The summed E-state index contributed by atoms with van der Waals surface area (Å²) in [4.78, 5) is 12.8. The zero-order chi connectivity index (χ0) is 25.8. The van der Waals surface area contributed by atoms with Crippen LogP contribution in [0.3, 0.4) is 0 Å². The molecule has 3 aromatic carbocycles. The molecule has 3 rings (SSSR count). The number of unbranched alkanes of at least 4 members (excludes halogenated alkanes) is 5. The van der Waals surface area contributed by atoms with Gasteiger partial charge in [-0.2, -0.15) is 0 Å². The Labute approximate surface area is 215 Å². The molecule has 0 fully saturated rings. The summed E-state index contributed by atoms with van der Waals surface area (Å²) in [5.41, 5.74) is 3.38. The third-order valence-electron chi connectivity index (χ3n) is 6.41. The van der Waals surface area contributed by atoms with Crippen molar-refractivity contribution in [2.24, 2.45) is 0 Å². The van der Waals surface area contributed by atoms with E-state index in [4.69, 9.17) is 9.47 Å². The first-order valence-electron chi connectivity index (χ1n) is 13.3. The maximum atomic E-state index is 13.5. The number of carbonyl (C=O) groups excluding carboxylic acids is 1. The van der Waals surface area contributed by atoms with Crippen LogP contribution < -0.4 is 9.47 Å². The van der Waals surface area contributed by atoms with Gasteiger partial charge in [-0.3, -0.25) is 0 Å². The molecule has 0 aliphatic carbocycles. The zero-order valence-electron chi connectivity index (χ0n) is 21.8. The molecule has 0 radical (unpaired) electrons. The van der Waals surface area contributed by atoms with Crippen LogP contribution in [0.25, 0.3) is 11.1 Å². The van der Waals surface area contributed by atoms with E-state index >= 15 is 0 Å². The van der Waals surface area contributed by atoms with Gasteiger partial charge in [-0.25, -0.2) is 9.18 Å². The molecule has 0 amide bonds. The topological polar surface area (TPSA) is 35.5 Å². The number of hydrogen-bond donors (Lipinski definition) is 0. The van der Waals surface area contributed by atoms with Gasteiger partial charge >= 0.3 is 5.97 Å². The third-order valence-corrected chi connectivity index (χ3v) is 6.41. The second-order valence-electron chi connectivity index (χ2n) is 9.56. The lowest BCUT2D eigenvalue weighted by molar-refractivity contribution is 0.0732. The number of ether oxygens (including phenoxy) is 2. The molecule has 3 aromatic rings. The lowest BCUT2D eigenvalue weighted by atomic mass is 9.95. The number of para-hydroxylation sites is 1. The molecule has 0 bridgehead atoms. The van der Waals surface area contributed by atoms with Gasteiger partial charge in [0, 0.05) is 0 Å². The molecule has 0 saturated heterocycles. The van der Waals surface area contributed by atoms with Gasteiger partial charge in [0.2, 0.25) is 0 Å². The van der Waals surface area contributed by atoms with Gasteiger partial charge in [0.1, 0.15) is 11.5 Å². The quantitative estimate of drug-likeness (QED) is 0.128. The van der Waals surface area contributed by atoms with Crippen molar-refractivity contribution in [1.29, 1.82) is 0 Å². The fourth-order valence-electron chi connectivity index (χ4n) is 4.37. The average Bonchev–Trinajstić information content (AvgIpc) is 2.88. The number of halogens is 1. The van der Waals surface area contributed by atoms with Crippen molar-refractivity contribution in [2.75, 3.05) is 6.61 Å². The van der Waals surface area contributed by atoms with Crippen molar-refractivity contribution in [3.8, 4) is 22.6 Å². The number of benzene rings is 3. The fraction of sp³-hybridized carbons (Fsp3) is 0.406. The van der Waals surface area contributed by atoms with Crippen LogP contribution in [-0.2, 0) is 0 Å². The van der Waals surface area contributed by atoms with Crippen LogP contribution in [0.5, 0.6) is 11.5 Å². The minimum atomic E-state index is -0.919. The number of alkyl halides is 1. The van der Waals surface area contributed by atoms with Crippen LogP contribution in [0.15, 0.2) is 72.8 Å². The van der Waals surface area contributed by atoms with Crippen LogP contribution in [0, 0.1) is 0 Å². The van der Waals surface area contributed by atoms with E-state index in [2.05, 4.69) is 6.92 Å². The molecule has 192 valence electrons. The summed E-state index contributed by atoms with van der Waals surface area (Å²) in [5, 5.41) is 0. The summed E-state index contributed by atoms with van der Waals surface area (Å²) in [5.74, 6) is 0.890. The van der Waals surface area contributed by atoms with E-state index in [0.29, 0.717) is 17.7 Å². The van der Waals surface area contributed by atoms with Crippen LogP contribution in [0.4, 0.5) is 4.39 Å². The maximum Gasteiger partial charge on any atom is 0.343 e. The first-order chi connectivity index (χ1) is 17.5. The Morgan fingerprint density at radius 3 is 2.08 bits per heavy atom. The summed E-state index contributed by atoms with van der Waals surface area (Å²) in [7, 11) is 0. The van der Waals surface area contributed by atoms with E-state index in [9.17, 15) is 9.18 Å². The summed E-state index contributed by atoms with van der Waals surface area (Å²) in [6.07, 6.45) is 6.95. The van der Waals surface area contributed by atoms with E-state index in [1.165, 1.54) is 32.1 Å². The molecule has 0 aliphatic rings. The van der Waals surface area contributed by atoms with Gasteiger partial charge < -0.3 is 9.47 Å². The molecule has 0 aromatic heterocycles. The summed E-state index contributed by atoms with van der Waals surface area (Å²) < 4.78 is 25.1. The van der Waals surface area contributed by atoms with E-state index in [0.717, 1.165) is 35.5 Å². The molecule has 0 spiro atoms. The molecular formula is C32H39FO3. The van der Waals surface area contributed by atoms with Crippen molar-refractivity contribution in [2.45, 2.75) is 77.8 Å². The molecule has 0 aliphatic heterocycles. The SMILES string of the molecule is CCCCCCCCOc1ccc(-c2ccc(C(=O)Oc3ccccc3C(C)CC(C)F)cc2)cc1. The van der Waals surface area contributed by atoms with Crippen molar-refractivity contribution < 1.29 is 18.7 Å². The summed E-state index contributed by atoms with van der Waals surface area (Å²) >= 11 is 0. The van der Waals surface area contributed by atoms with E-state index in [-0.39, 0.29) is 5.92 Å². The van der Waals surface area contributed by atoms with Crippen LogP contribution >= 0.6 is 0 Å². The van der Waals surface area contributed by atoms with E-state index < -0.39 is 12.1 Å². The molecule has 3 nitrogen and oxygen atoms in total. The van der Waals surface area contributed by atoms with E-state index in [1.54, 1.807) is 25.1 Å². The van der Waals surface area contributed by atoms with Crippen molar-refractivity contribution in [3.63, 3.8) is 0 Å². The van der Waals surface area contributed by atoms with E-state index in [1.807, 2.05) is 61.5 Å². The van der Waals surface area contributed by atoms with Crippen LogP contribution in [-0.4, -0.2) is 18.7 Å². The Hall–Kier alpha value is -3.14.